The SMILES string of the molecule is O=C(Nc1nccs1)C1CCCN1C(=O)c1cnn(-c2ccccc2)c1. The molecule has 1 fully saturated rings. The summed E-state index contributed by atoms with van der Waals surface area (Å²) in [6.07, 6.45) is 6.33. The van der Waals surface area contributed by atoms with Gasteiger partial charge in [0.1, 0.15) is 6.04 Å². The van der Waals surface area contributed by atoms with E-state index in [-0.39, 0.29) is 11.8 Å². The Morgan fingerprint density at radius 3 is 2.85 bits per heavy atom. The Morgan fingerprint density at radius 1 is 1.23 bits per heavy atom. The van der Waals surface area contributed by atoms with E-state index in [0.717, 1.165) is 12.1 Å². The molecule has 1 N–H and O–H groups in total. The van der Waals surface area contributed by atoms with Gasteiger partial charge in [0, 0.05) is 24.3 Å². The molecule has 8 heteroatoms. The Bertz CT molecular complexity index is 907. The second-order valence-corrected chi connectivity index (χ2v) is 6.89. The van der Waals surface area contributed by atoms with Gasteiger partial charge in [-0.3, -0.25) is 9.59 Å². The Morgan fingerprint density at radius 2 is 2.08 bits per heavy atom. The van der Waals surface area contributed by atoms with Crippen LogP contribution in [0.4, 0.5) is 5.13 Å². The van der Waals surface area contributed by atoms with Gasteiger partial charge in [0.05, 0.1) is 17.4 Å². The number of hydrogen-bond acceptors (Lipinski definition) is 5. The van der Waals surface area contributed by atoms with Crippen LogP contribution in [0.25, 0.3) is 5.69 Å². The van der Waals surface area contributed by atoms with Crippen LogP contribution >= 0.6 is 11.3 Å². The van der Waals surface area contributed by atoms with Crippen molar-refractivity contribution >= 4 is 28.3 Å². The van der Waals surface area contributed by atoms with E-state index >= 15 is 0 Å². The molecule has 3 aromatic rings. The van der Waals surface area contributed by atoms with Crippen molar-refractivity contribution in [2.75, 3.05) is 11.9 Å². The van der Waals surface area contributed by atoms with Gasteiger partial charge in [-0.15, -0.1) is 11.3 Å². The summed E-state index contributed by atoms with van der Waals surface area (Å²) >= 11 is 1.36. The van der Waals surface area contributed by atoms with E-state index < -0.39 is 6.04 Å². The van der Waals surface area contributed by atoms with Gasteiger partial charge in [-0.25, -0.2) is 9.67 Å². The summed E-state index contributed by atoms with van der Waals surface area (Å²) in [4.78, 5) is 31.1. The standard InChI is InChI=1S/C18H17N5O2S/c24-16(21-18-19-8-10-26-18)15-7-4-9-22(15)17(25)13-11-20-23(12-13)14-5-2-1-3-6-14/h1-3,5-6,8,10-12,15H,4,7,9H2,(H,19,21,24). The minimum atomic E-state index is -0.480. The maximum absolute atomic E-state index is 12.9. The molecule has 0 radical (unpaired) electrons. The number of benzene rings is 1. The van der Waals surface area contributed by atoms with Crippen LogP contribution in [0.5, 0.6) is 0 Å². The van der Waals surface area contributed by atoms with E-state index in [1.165, 1.54) is 11.3 Å². The Labute approximate surface area is 154 Å². The monoisotopic (exact) mass is 367 g/mol. The molecule has 1 aliphatic heterocycles. The molecule has 1 unspecified atom stereocenters. The molecule has 1 aliphatic rings. The topological polar surface area (TPSA) is 80.1 Å². The van der Waals surface area contributed by atoms with Crippen LogP contribution in [-0.2, 0) is 4.79 Å². The average molecular weight is 367 g/mol. The molecule has 2 aromatic heterocycles. The lowest BCUT2D eigenvalue weighted by atomic mass is 10.2. The van der Waals surface area contributed by atoms with Crippen molar-refractivity contribution in [2.45, 2.75) is 18.9 Å². The highest BCUT2D eigenvalue weighted by atomic mass is 32.1. The normalized spacial score (nSPS) is 16.6. The molecule has 2 amide bonds. The molecular weight excluding hydrogens is 350 g/mol. The molecule has 1 aromatic carbocycles. The Balaban J connectivity index is 1.50. The van der Waals surface area contributed by atoms with Gasteiger partial charge in [0.15, 0.2) is 5.13 Å². The molecule has 0 bridgehead atoms. The summed E-state index contributed by atoms with van der Waals surface area (Å²) in [5, 5.41) is 9.40. The smallest absolute Gasteiger partial charge is 0.257 e. The third-order valence-electron chi connectivity index (χ3n) is 4.33. The van der Waals surface area contributed by atoms with Crippen molar-refractivity contribution in [1.82, 2.24) is 19.7 Å². The molecule has 1 saturated heterocycles. The van der Waals surface area contributed by atoms with Crippen molar-refractivity contribution in [3.63, 3.8) is 0 Å². The molecule has 4 rings (SSSR count). The molecule has 0 aliphatic carbocycles. The summed E-state index contributed by atoms with van der Waals surface area (Å²) < 4.78 is 1.66. The van der Waals surface area contributed by atoms with Crippen LogP contribution in [0.15, 0.2) is 54.3 Å². The number of nitrogens with one attached hydrogen (secondary N) is 1. The van der Waals surface area contributed by atoms with Gasteiger partial charge in [0.25, 0.3) is 5.91 Å². The Hall–Kier alpha value is -3.00. The zero-order valence-electron chi connectivity index (χ0n) is 13.9. The second-order valence-electron chi connectivity index (χ2n) is 5.99. The molecule has 1 atom stereocenters. The third-order valence-corrected chi connectivity index (χ3v) is 5.02. The van der Waals surface area contributed by atoms with Gasteiger partial charge >= 0.3 is 0 Å². The lowest BCUT2D eigenvalue weighted by Gasteiger charge is -2.22. The van der Waals surface area contributed by atoms with Crippen LogP contribution in [0.1, 0.15) is 23.2 Å². The van der Waals surface area contributed by atoms with E-state index in [9.17, 15) is 9.59 Å². The summed E-state index contributed by atoms with van der Waals surface area (Å²) in [5.41, 5.74) is 1.36. The molecule has 132 valence electrons. The summed E-state index contributed by atoms with van der Waals surface area (Å²) in [6.45, 7) is 0.561. The number of para-hydroxylation sites is 1. The lowest BCUT2D eigenvalue weighted by Crippen LogP contribution is -2.43. The van der Waals surface area contributed by atoms with Crippen molar-refractivity contribution in [3.8, 4) is 5.69 Å². The third kappa shape index (κ3) is 3.23. The Kier molecular flexibility index (Phi) is 4.49. The zero-order valence-corrected chi connectivity index (χ0v) is 14.7. The number of thiazole rings is 1. The highest BCUT2D eigenvalue weighted by molar-refractivity contribution is 7.13. The van der Waals surface area contributed by atoms with Gasteiger partial charge < -0.3 is 10.2 Å². The molecular formula is C18H17N5O2S. The van der Waals surface area contributed by atoms with E-state index in [0.29, 0.717) is 23.7 Å². The van der Waals surface area contributed by atoms with Gasteiger partial charge in [0.2, 0.25) is 5.91 Å². The average Bonchev–Trinajstić information content (AvgIpc) is 3.42. The predicted molar refractivity (Wildman–Crippen MR) is 98.4 cm³/mol. The number of amides is 2. The molecule has 0 saturated carbocycles. The second kappa shape index (κ2) is 7.09. The number of hydrogen-bond donors (Lipinski definition) is 1. The summed E-state index contributed by atoms with van der Waals surface area (Å²) in [5.74, 6) is -0.370. The summed E-state index contributed by atoms with van der Waals surface area (Å²) in [6, 6.07) is 9.11. The quantitative estimate of drug-likeness (QED) is 0.769. The van der Waals surface area contributed by atoms with Crippen molar-refractivity contribution in [2.24, 2.45) is 0 Å². The number of anilines is 1. The lowest BCUT2D eigenvalue weighted by molar-refractivity contribution is -0.119. The zero-order chi connectivity index (χ0) is 17.9. The number of aromatic nitrogens is 3. The fourth-order valence-corrected chi connectivity index (χ4v) is 3.61. The first-order valence-corrected chi connectivity index (χ1v) is 9.22. The van der Waals surface area contributed by atoms with Gasteiger partial charge in [-0.05, 0) is 25.0 Å². The highest BCUT2D eigenvalue weighted by Crippen LogP contribution is 2.22. The maximum atomic E-state index is 12.9. The van der Waals surface area contributed by atoms with Crippen molar-refractivity contribution < 1.29 is 9.59 Å². The van der Waals surface area contributed by atoms with E-state index in [4.69, 9.17) is 0 Å². The maximum Gasteiger partial charge on any atom is 0.257 e. The van der Waals surface area contributed by atoms with Gasteiger partial charge in [-0.1, -0.05) is 18.2 Å². The molecule has 3 heterocycles. The summed E-state index contributed by atoms with van der Waals surface area (Å²) in [7, 11) is 0. The minimum absolute atomic E-state index is 0.177. The highest BCUT2D eigenvalue weighted by Gasteiger charge is 2.35. The van der Waals surface area contributed by atoms with E-state index in [1.54, 1.807) is 33.6 Å². The first kappa shape index (κ1) is 16.5. The van der Waals surface area contributed by atoms with Gasteiger partial charge in [-0.2, -0.15) is 5.10 Å². The van der Waals surface area contributed by atoms with E-state index in [1.807, 2.05) is 30.3 Å². The number of carbonyl (C=O) groups excluding carboxylic acids is 2. The van der Waals surface area contributed by atoms with Crippen LogP contribution in [-0.4, -0.2) is 44.1 Å². The van der Waals surface area contributed by atoms with Crippen molar-refractivity contribution in [1.29, 1.82) is 0 Å². The fourth-order valence-electron chi connectivity index (χ4n) is 3.08. The first-order valence-electron chi connectivity index (χ1n) is 8.34. The van der Waals surface area contributed by atoms with Crippen LogP contribution in [0.3, 0.4) is 0 Å². The molecule has 7 nitrogen and oxygen atoms in total. The van der Waals surface area contributed by atoms with Crippen LogP contribution in [0.2, 0.25) is 0 Å². The van der Waals surface area contributed by atoms with Crippen molar-refractivity contribution in [3.05, 3.63) is 59.9 Å². The molecule has 0 spiro atoms. The molecule has 26 heavy (non-hydrogen) atoms. The number of likely N-dealkylation sites (tertiary alicyclic amines) is 1. The van der Waals surface area contributed by atoms with Crippen LogP contribution in [0, 0.1) is 0 Å². The number of nitrogens with zero attached hydrogens (tertiary/aromatic N) is 4. The minimum Gasteiger partial charge on any atom is -0.327 e. The van der Waals surface area contributed by atoms with Crippen LogP contribution < -0.4 is 5.32 Å². The van der Waals surface area contributed by atoms with E-state index in [2.05, 4.69) is 15.4 Å². The fraction of sp³-hybridized carbons (Fsp3) is 0.222. The first-order chi connectivity index (χ1) is 12.7. The number of carbonyl (C=O) groups is 2. The largest absolute Gasteiger partial charge is 0.327 e. The number of rotatable bonds is 4. The predicted octanol–water partition coefficient (Wildman–Crippen LogP) is 2.57.